The topological polar surface area (TPSA) is 64.3 Å². The van der Waals surface area contributed by atoms with Crippen molar-refractivity contribution in [1.82, 2.24) is 9.55 Å². The molecule has 0 amide bonds. The lowest BCUT2D eigenvalue weighted by molar-refractivity contribution is -0.167. The molecule has 4 fully saturated rings. The highest BCUT2D eigenvalue weighted by Crippen LogP contribution is 2.68. The van der Waals surface area contributed by atoms with E-state index in [1.54, 1.807) is 12.5 Å². The summed E-state index contributed by atoms with van der Waals surface area (Å²) in [5.74, 6) is 3.27. The summed E-state index contributed by atoms with van der Waals surface area (Å²) in [6.45, 7) is 6.44. The molecule has 1 N–H and O–H groups in total. The quantitative estimate of drug-likeness (QED) is 0.498. The normalized spacial score (nSPS) is 41.0. The largest absolute Gasteiger partial charge is 0.387 e. The van der Waals surface area contributed by atoms with Crippen LogP contribution >= 0.6 is 0 Å². The second kappa shape index (κ2) is 9.64. The molecule has 0 aliphatic heterocycles. The predicted molar refractivity (Wildman–Crippen MR) is 143 cm³/mol. The summed E-state index contributed by atoms with van der Waals surface area (Å²) in [5.41, 5.74) is 0.904. The maximum absolute atomic E-state index is 13.4. The van der Waals surface area contributed by atoms with Gasteiger partial charge in [0.1, 0.15) is 0 Å². The van der Waals surface area contributed by atoms with Gasteiger partial charge in [0, 0.05) is 18.3 Å². The van der Waals surface area contributed by atoms with Gasteiger partial charge in [0.15, 0.2) is 5.78 Å². The van der Waals surface area contributed by atoms with Gasteiger partial charge in [0.05, 0.1) is 31.7 Å². The number of nitrogens with zero attached hydrogens (tertiary/aromatic N) is 2. The molecule has 6 rings (SSSR count). The summed E-state index contributed by atoms with van der Waals surface area (Å²) >= 11 is 0. The first kappa shape index (κ1) is 25.3. The maximum Gasteiger partial charge on any atom is 0.156 e. The van der Waals surface area contributed by atoms with E-state index in [0.717, 1.165) is 43.1 Å². The molecule has 4 aliphatic carbocycles. The Labute approximate surface area is 222 Å². The molecule has 200 valence electrons. The molecule has 4 saturated carbocycles. The van der Waals surface area contributed by atoms with Crippen molar-refractivity contribution in [3.8, 4) is 0 Å². The smallest absolute Gasteiger partial charge is 0.156 e. The number of carbonyl (C=O) groups is 1. The second-order valence-corrected chi connectivity index (χ2v) is 13.4. The van der Waals surface area contributed by atoms with Crippen LogP contribution in [0.2, 0.25) is 0 Å². The van der Waals surface area contributed by atoms with Crippen LogP contribution in [0.5, 0.6) is 0 Å². The third-order valence-electron chi connectivity index (χ3n) is 11.6. The number of rotatable bonds is 7. The number of hydrogen-bond donors (Lipinski definition) is 1. The van der Waals surface area contributed by atoms with E-state index >= 15 is 0 Å². The summed E-state index contributed by atoms with van der Waals surface area (Å²) in [5, 5.41) is 11.5. The van der Waals surface area contributed by atoms with E-state index < -0.39 is 5.60 Å². The van der Waals surface area contributed by atoms with Gasteiger partial charge < -0.3 is 14.4 Å². The number of imidazole rings is 1. The lowest BCUT2D eigenvalue weighted by atomic mass is 9.44. The van der Waals surface area contributed by atoms with Crippen molar-refractivity contribution in [2.24, 2.45) is 40.4 Å². The zero-order valence-corrected chi connectivity index (χ0v) is 22.6. The molecule has 5 nitrogen and oxygen atoms in total. The van der Waals surface area contributed by atoms with Crippen LogP contribution in [0.25, 0.3) is 0 Å². The molecule has 37 heavy (non-hydrogen) atoms. The average Bonchev–Trinajstić information content (AvgIpc) is 3.52. The molecular weight excluding hydrogens is 460 g/mol. The van der Waals surface area contributed by atoms with Crippen LogP contribution in [0.1, 0.15) is 77.2 Å². The Balaban J connectivity index is 1.11. The molecule has 2 aromatic rings. The number of ether oxygens (including phenoxy) is 1. The van der Waals surface area contributed by atoms with Crippen molar-refractivity contribution in [1.29, 1.82) is 0 Å². The molecule has 1 aromatic carbocycles. The Morgan fingerprint density at radius 2 is 1.84 bits per heavy atom. The zero-order chi connectivity index (χ0) is 25.7. The van der Waals surface area contributed by atoms with Crippen LogP contribution in [-0.4, -0.2) is 32.6 Å². The molecule has 0 saturated heterocycles. The lowest BCUT2D eigenvalue weighted by Gasteiger charge is -2.62. The fourth-order valence-electron chi connectivity index (χ4n) is 9.59. The highest BCUT2D eigenvalue weighted by Gasteiger charge is 2.62. The predicted octanol–water partition coefficient (Wildman–Crippen LogP) is 6.06. The molecule has 0 spiro atoms. The molecule has 5 heteroatoms. The summed E-state index contributed by atoms with van der Waals surface area (Å²) in [6, 6.07) is 10.3. The number of hydrogen-bond acceptors (Lipinski definition) is 4. The van der Waals surface area contributed by atoms with Crippen LogP contribution in [0.3, 0.4) is 0 Å². The van der Waals surface area contributed by atoms with Gasteiger partial charge in [-0.3, -0.25) is 4.79 Å². The van der Waals surface area contributed by atoms with Crippen LogP contribution in [0.15, 0.2) is 49.1 Å². The van der Waals surface area contributed by atoms with Gasteiger partial charge in [-0.15, -0.1) is 0 Å². The monoisotopic (exact) mass is 504 g/mol. The third-order valence-corrected chi connectivity index (χ3v) is 11.6. The van der Waals surface area contributed by atoms with Crippen molar-refractivity contribution in [3.05, 3.63) is 54.6 Å². The number of aromatic nitrogens is 2. The molecule has 3 unspecified atom stereocenters. The number of aliphatic hydroxyl groups is 1. The van der Waals surface area contributed by atoms with Gasteiger partial charge in [-0.05, 0) is 97.9 Å². The van der Waals surface area contributed by atoms with Crippen LogP contribution < -0.4 is 0 Å². The number of benzene rings is 1. The van der Waals surface area contributed by atoms with E-state index in [1.165, 1.54) is 32.1 Å². The first-order valence-electron chi connectivity index (χ1n) is 14.6. The minimum Gasteiger partial charge on any atom is -0.387 e. The summed E-state index contributed by atoms with van der Waals surface area (Å²) in [6.07, 6.45) is 15.4. The van der Waals surface area contributed by atoms with Crippen molar-refractivity contribution >= 4 is 5.78 Å². The number of Topliss-reactive ketones (excluding diaryl/α,β-unsaturated/α-hetero) is 1. The van der Waals surface area contributed by atoms with E-state index in [-0.39, 0.29) is 11.3 Å². The Kier molecular flexibility index (Phi) is 6.60. The molecular formula is C32H44N2O3. The third kappa shape index (κ3) is 4.50. The van der Waals surface area contributed by atoms with Crippen molar-refractivity contribution in [2.45, 2.75) is 90.4 Å². The minimum atomic E-state index is -0.701. The van der Waals surface area contributed by atoms with Gasteiger partial charge >= 0.3 is 0 Å². The van der Waals surface area contributed by atoms with E-state index in [9.17, 15) is 9.90 Å². The number of fused-ring (bicyclic) bond motifs is 5. The van der Waals surface area contributed by atoms with Crippen molar-refractivity contribution < 1.29 is 14.6 Å². The SMILES string of the molecule is C[C@]12CCC3C(CC[C@H]4C[C@@](O)(COCc5ccccc5)CC[C@]34C)C1CC[C@@H]2C(=O)Cn1ccnc1. The lowest BCUT2D eigenvalue weighted by Crippen LogP contribution is -2.57. The first-order chi connectivity index (χ1) is 17.8. The summed E-state index contributed by atoms with van der Waals surface area (Å²) < 4.78 is 7.97. The maximum atomic E-state index is 13.4. The van der Waals surface area contributed by atoms with E-state index in [0.29, 0.717) is 42.8 Å². The Morgan fingerprint density at radius 1 is 1.03 bits per heavy atom. The fraction of sp³-hybridized carbons (Fsp3) is 0.688. The van der Waals surface area contributed by atoms with Crippen LogP contribution in [-0.2, 0) is 22.7 Å². The zero-order valence-electron chi connectivity index (χ0n) is 22.6. The standard InChI is InChI=1S/C32H44N2O3/c1-30-14-15-32(36,21-37-20-23-6-4-3-5-7-23)18-24(30)8-9-25-26-10-11-28(31(26,2)13-12-27(25)30)29(35)19-34-17-16-33-22-34/h3-7,16-17,22,24-28,36H,8-15,18-21H2,1-2H3/t24-,25?,26?,27?,28+,30-,31-,32+/m0/s1. The molecule has 8 atom stereocenters. The van der Waals surface area contributed by atoms with Gasteiger partial charge in [-0.25, -0.2) is 4.98 Å². The molecule has 0 radical (unpaired) electrons. The molecule has 4 aliphatic rings. The molecule has 0 bridgehead atoms. The second-order valence-electron chi connectivity index (χ2n) is 13.4. The van der Waals surface area contributed by atoms with E-state index in [4.69, 9.17) is 4.74 Å². The highest BCUT2D eigenvalue weighted by atomic mass is 16.5. The highest BCUT2D eigenvalue weighted by molar-refractivity contribution is 5.82. The van der Waals surface area contributed by atoms with Gasteiger partial charge in [-0.2, -0.15) is 0 Å². The number of carbonyl (C=O) groups excluding carboxylic acids is 1. The summed E-state index contributed by atoms with van der Waals surface area (Å²) in [7, 11) is 0. The number of ketones is 1. The Hall–Kier alpha value is -1.98. The fourth-order valence-corrected chi connectivity index (χ4v) is 9.59. The minimum absolute atomic E-state index is 0.142. The van der Waals surface area contributed by atoms with Gasteiger partial charge in [0.2, 0.25) is 0 Å². The summed E-state index contributed by atoms with van der Waals surface area (Å²) in [4.78, 5) is 17.5. The van der Waals surface area contributed by atoms with E-state index in [2.05, 4.69) is 31.0 Å². The van der Waals surface area contributed by atoms with Crippen LogP contribution in [0, 0.1) is 40.4 Å². The van der Waals surface area contributed by atoms with Gasteiger partial charge in [-0.1, -0.05) is 44.2 Å². The van der Waals surface area contributed by atoms with Crippen LogP contribution in [0.4, 0.5) is 0 Å². The van der Waals surface area contributed by atoms with Crippen molar-refractivity contribution in [3.63, 3.8) is 0 Å². The average molecular weight is 505 g/mol. The molecule has 1 aromatic heterocycles. The van der Waals surface area contributed by atoms with Gasteiger partial charge in [0.25, 0.3) is 0 Å². The molecule has 1 heterocycles. The first-order valence-corrected chi connectivity index (χ1v) is 14.6. The Bertz CT molecular complexity index is 1090. The van der Waals surface area contributed by atoms with E-state index in [1.807, 2.05) is 29.0 Å². The Morgan fingerprint density at radius 3 is 2.62 bits per heavy atom. The van der Waals surface area contributed by atoms with Crippen molar-refractivity contribution in [2.75, 3.05) is 6.61 Å².